The normalized spacial score (nSPS) is 12.7. The molecule has 0 saturated carbocycles. The molecule has 3 aromatic rings. The standard InChI is InChI=1S/C17H11Cl2N3O3S2/c18-9-2-4-12-14(13(9)19)20-17(27-12)22-16(26)21-15(23)8-1-3-10-11(7-8)25-6-5-24-10/h1-4,7H,5-6H2,(H2,20,21,22,23,26). The summed E-state index contributed by atoms with van der Waals surface area (Å²) in [5.74, 6) is 0.778. The van der Waals surface area contributed by atoms with Crippen molar-refractivity contribution >= 4 is 73.1 Å². The second-order valence-corrected chi connectivity index (χ2v) is 7.72. The number of anilines is 1. The maximum Gasteiger partial charge on any atom is 0.257 e. The fourth-order valence-electron chi connectivity index (χ4n) is 2.48. The van der Waals surface area contributed by atoms with E-state index < -0.39 is 0 Å². The molecule has 138 valence electrons. The topological polar surface area (TPSA) is 72.5 Å². The molecule has 27 heavy (non-hydrogen) atoms. The van der Waals surface area contributed by atoms with Gasteiger partial charge in [0.1, 0.15) is 18.7 Å². The molecule has 1 amide bonds. The number of amides is 1. The molecule has 0 fully saturated rings. The molecule has 0 saturated heterocycles. The molecule has 6 nitrogen and oxygen atoms in total. The lowest BCUT2D eigenvalue weighted by Crippen LogP contribution is -2.34. The number of carbonyl (C=O) groups is 1. The number of nitrogens with zero attached hydrogens (tertiary/aromatic N) is 1. The Morgan fingerprint density at radius 1 is 1.15 bits per heavy atom. The smallest absolute Gasteiger partial charge is 0.257 e. The predicted molar refractivity (Wildman–Crippen MR) is 111 cm³/mol. The van der Waals surface area contributed by atoms with Gasteiger partial charge in [-0.25, -0.2) is 4.98 Å². The fourth-order valence-corrected chi connectivity index (χ4v) is 4.03. The Labute approximate surface area is 173 Å². The van der Waals surface area contributed by atoms with Crippen molar-refractivity contribution < 1.29 is 14.3 Å². The van der Waals surface area contributed by atoms with Crippen LogP contribution >= 0.6 is 46.8 Å². The van der Waals surface area contributed by atoms with E-state index in [9.17, 15) is 4.79 Å². The van der Waals surface area contributed by atoms with Crippen LogP contribution in [0.3, 0.4) is 0 Å². The van der Waals surface area contributed by atoms with Gasteiger partial charge in [-0.2, -0.15) is 0 Å². The van der Waals surface area contributed by atoms with Gasteiger partial charge in [0, 0.05) is 5.56 Å². The highest BCUT2D eigenvalue weighted by atomic mass is 35.5. The van der Waals surface area contributed by atoms with E-state index >= 15 is 0 Å². The van der Waals surface area contributed by atoms with Gasteiger partial charge in [-0.1, -0.05) is 34.5 Å². The van der Waals surface area contributed by atoms with Gasteiger partial charge in [0.25, 0.3) is 5.91 Å². The van der Waals surface area contributed by atoms with E-state index in [1.807, 2.05) is 6.07 Å². The van der Waals surface area contributed by atoms with Crippen LogP contribution in [0.1, 0.15) is 10.4 Å². The third-order valence-electron chi connectivity index (χ3n) is 3.70. The lowest BCUT2D eigenvalue weighted by atomic mass is 10.2. The molecule has 2 aromatic carbocycles. The number of aromatic nitrogens is 1. The Bertz CT molecular complexity index is 1070. The molecule has 0 bridgehead atoms. The lowest BCUT2D eigenvalue weighted by molar-refractivity contribution is 0.0976. The van der Waals surface area contributed by atoms with Gasteiger partial charge in [0.05, 0.1) is 14.7 Å². The summed E-state index contributed by atoms with van der Waals surface area (Å²) < 4.78 is 11.8. The van der Waals surface area contributed by atoms with E-state index in [2.05, 4.69) is 15.6 Å². The van der Waals surface area contributed by atoms with Crippen molar-refractivity contribution in [2.24, 2.45) is 0 Å². The van der Waals surface area contributed by atoms with Crippen molar-refractivity contribution in [1.82, 2.24) is 10.3 Å². The first kappa shape index (κ1) is 18.2. The highest BCUT2D eigenvalue weighted by Gasteiger charge is 2.16. The number of rotatable bonds is 2. The van der Waals surface area contributed by atoms with Gasteiger partial charge in [-0.05, 0) is 42.5 Å². The van der Waals surface area contributed by atoms with Crippen LogP contribution < -0.4 is 20.1 Å². The van der Waals surface area contributed by atoms with Crippen molar-refractivity contribution in [3.05, 3.63) is 45.9 Å². The summed E-state index contributed by atoms with van der Waals surface area (Å²) in [7, 11) is 0. The molecule has 10 heteroatoms. The number of thiazole rings is 1. The maximum absolute atomic E-state index is 12.4. The monoisotopic (exact) mass is 439 g/mol. The second kappa shape index (κ2) is 7.47. The SMILES string of the molecule is O=C(NC(=S)Nc1nc2c(Cl)c(Cl)ccc2s1)c1ccc2c(c1)OCCO2. The van der Waals surface area contributed by atoms with E-state index in [0.29, 0.717) is 51.0 Å². The number of thiocarbonyl (C=S) groups is 1. The average Bonchev–Trinajstić information content (AvgIpc) is 3.07. The summed E-state index contributed by atoms with van der Waals surface area (Å²) >= 11 is 18.7. The fraction of sp³-hybridized carbons (Fsp3) is 0.118. The number of hydrogen-bond donors (Lipinski definition) is 2. The zero-order valence-electron chi connectivity index (χ0n) is 13.5. The van der Waals surface area contributed by atoms with E-state index in [-0.39, 0.29) is 11.0 Å². The number of benzene rings is 2. The summed E-state index contributed by atoms with van der Waals surface area (Å²) in [4.78, 5) is 16.8. The number of hydrogen-bond acceptors (Lipinski definition) is 6. The third-order valence-corrected chi connectivity index (χ3v) is 5.64. The Morgan fingerprint density at radius 3 is 2.74 bits per heavy atom. The zero-order chi connectivity index (χ0) is 19.0. The van der Waals surface area contributed by atoms with Gasteiger partial charge >= 0.3 is 0 Å². The highest BCUT2D eigenvalue weighted by molar-refractivity contribution is 7.80. The van der Waals surface area contributed by atoms with E-state index in [1.54, 1.807) is 24.3 Å². The number of nitrogens with one attached hydrogen (secondary N) is 2. The van der Waals surface area contributed by atoms with Gasteiger partial charge in [0.2, 0.25) is 0 Å². The minimum absolute atomic E-state index is 0.121. The number of fused-ring (bicyclic) bond motifs is 2. The maximum atomic E-state index is 12.4. The third kappa shape index (κ3) is 3.79. The first-order valence-electron chi connectivity index (χ1n) is 7.78. The van der Waals surface area contributed by atoms with Gasteiger partial charge in [0.15, 0.2) is 21.7 Å². The van der Waals surface area contributed by atoms with Crippen LogP contribution in [0.15, 0.2) is 30.3 Å². The molecule has 2 N–H and O–H groups in total. The summed E-state index contributed by atoms with van der Waals surface area (Å²) in [5.41, 5.74) is 0.986. The molecule has 0 atom stereocenters. The second-order valence-electron chi connectivity index (χ2n) is 5.49. The van der Waals surface area contributed by atoms with Crippen molar-refractivity contribution in [1.29, 1.82) is 0 Å². The summed E-state index contributed by atoms with van der Waals surface area (Å²) in [6.45, 7) is 0.937. The van der Waals surface area contributed by atoms with Crippen molar-refractivity contribution in [3.63, 3.8) is 0 Å². The minimum Gasteiger partial charge on any atom is -0.486 e. The molecule has 2 heterocycles. The predicted octanol–water partition coefficient (Wildman–Crippen LogP) is 4.50. The van der Waals surface area contributed by atoms with Gasteiger partial charge < -0.3 is 14.8 Å². The molecule has 0 aliphatic carbocycles. The van der Waals surface area contributed by atoms with Crippen LogP contribution in [-0.2, 0) is 0 Å². The first-order chi connectivity index (χ1) is 13.0. The minimum atomic E-state index is -0.369. The van der Waals surface area contributed by atoms with Crippen LogP contribution in [0.4, 0.5) is 5.13 Å². The van der Waals surface area contributed by atoms with Gasteiger partial charge in [-0.15, -0.1) is 0 Å². The quantitative estimate of drug-likeness (QED) is 0.572. The Kier molecular flexibility index (Phi) is 5.05. The van der Waals surface area contributed by atoms with E-state index in [4.69, 9.17) is 44.9 Å². The zero-order valence-corrected chi connectivity index (χ0v) is 16.7. The molecular weight excluding hydrogens is 429 g/mol. The molecule has 4 rings (SSSR count). The van der Waals surface area contributed by atoms with E-state index in [0.717, 1.165) is 4.70 Å². The summed E-state index contributed by atoms with van der Waals surface area (Å²) in [6.07, 6.45) is 0. The Balaban J connectivity index is 1.46. The molecular formula is C17H11Cl2N3O3S2. The largest absolute Gasteiger partial charge is 0.486 e. The molecule has 1 aromatic heterocycles. The Hall–Kier alpha value is -2.13. The van der Waals surface area contributed by atoms with Crippen LogP contribution in [0, 0.1) is 0 Å². The van der Waals surface area contributed by atoms with E-state index in [1.165, 1.54) is 11.3 Å². The average molecular weight is 440 g/mol. The number of carbonyl (C=O) groups excluding carboxylic acids is 1. The number of halogens is 2. The van der Waals surface area contributed by atoms with Crippen LogP contribution in [-0.4, -0.2) is 29.2 Å². The molecule has 0 unspecified atom stereocenters. The number of ether oxygens (including phenoxy) is 2. The van der Waals surface area contributed by atoms with Crippen LogP contribution in [0.5, 0.6) is 11.5 Å². The van der Waals surface area contributed by atoms with Crippen molar-refractivity contribution in [2.45, 2.75) is 0 Å². The van der Waals surface area contributed by atoms with Crippen LogP contribution in [0.25, 0.3) is 10.2 Å². The van der Waals surface area contributed by atoms with Crippen molar-refractivity contribution in [3.8, 4) is 11.5 Å². The highest BCUT2D eigenvalue weighted by Crippen LogP contribution is 2.35. The molecule has 1 aliphatic heterocycles. The van der Waals surface area contributed by atoms with Gasteiger partial charge in [-0.3, -0.25) is 10.1 Å². The molecule has 0 radical (unpaired) electrons. The first-order valence-corrected chi connectivity index (χ1v) is 9.76. The molecule has 1 aliphatic rings. The van der Waals surface area contributed by atoms with Crippen LogP contribution in [0.2, 0.25) is 10.0 Å². The molecule has 0 spiro atoms. The van der Waals surface area contributed by atoms with Crippen molar-refractivity contribution in [2.75, 3.05) is 18.5 Å². The summed E-state index contributed by atoms with van der Waals surface area (Å²) in [6, 6.07) is 8.48. The Morgan fingerprint density at radius 2 is 1.93 bits per heavy atom. The lowest BCUT2D eigenvalue weighted by Gasteiger charge is -2.18. The summed E-state index contributed by atoms with van der Waals surface area (Å²) in [5, 5.41) is 6.93.